The molecule has 2 fully saturated rings. The van der Waals surface area contributed by atoms with Crippen molar-refractivity contribution in [1.82, 2.24) is 15.1 Å². The molecule has 0 N–H and O–H groups in total. The lowest BCUT2D eigenvalue weighted by molar-refractivity contribution is -0.133. The molecule has 1 aromatic heterocycles. The molecule has 3 rings (SSSR count). The van der Waals surface area contributed by atoms with Gasteiger partial charge in [-0.25, -0.2) is 0 Å². The molecule has 2 atom stereocenters. The first-order valence-electron chi connectivity index (χ1n) is 7.69. The molecule has 0 bridgehead atoms. The highest BCUT2D eigenvalue weighted by molar-refractivity contribution is 5.81. The molecule has 21 heavy (non-hydrogen) atoms. The molecule has 1 saturated heterocycles. The quantitative estimate of drug-likeness (QED) is 0.833. The van der Waals surface area contributed by atoms with Crippen LogP contribution in [0.15, 0.2) is 12.1 Å². The minimum atomic E-state index is 0.279. The first kappa shape index (κ1) is 14.1. The lowest BCUT2D eigenvalue weighted by Gasteiger charge is -2.35. The Bertz CT molecular complexity index is 497. The molecule has 1 amide bonds. The van der Waals surface area contributed by atoms with Gasteiger partial charge in [-0.05, 0) is 25.3 Å². The predicted octanol–water partition coefficient (Wildman–Crippen LogP) is 1.18. The highest BCUT2D eigenvalue weighted by Crippen LogP contribution is 2.39. The number of hydrogen-bond acceptors (Lipinski definition) is 5. The van der Waals surface area contributed by atoms with Gasteiger partial charge < -0.3 is 14.5 Å². The molecule has 0 unspecified atom stereocenters. The van der Waals surface area contributed by atoms with E-state index in [1.54, 1.807) is 0 Å². The van der Waals surface area contributed by atoms with Crippen molar-refractivity contribution in [2.45, 2.75) is 20.3 Å². The van der Waals surface area contributed by atoms with E-state index in [4.69, 9.17) is 4.74 Å². The van der Waals surface area contributed by atoms with Crippen LogP contribution < -0.4 is 9.64 Å². The number of amides is 1. The SMILES string of the molecule is CCOc1ccc(N2CCN(C(=O)[C@@H]3C[C@@H]3C)CC2)nn1. The Labute approximate surface area is 125 Å². The Kier molecular flexibility index (Phi) is 3.94. The normalized spacial score (nSPS) is 24.9. The first-order chi connectivity index (χ1) is 10.2. The fourth-order valence-corrected chi connectivity index (χ4v) is 2.76. The van der Waals surface area contributed by atoms with Crippen LogP contribution in [-0.2, 0) is 4.79 Å². The molecule has 2 aliphatic rings. The van der Waals surface area contributed by atoms with Gasteiger partial charge in [0.05, 0.1) is 6.61 Å². The number of anilines is 1. The Morgan fingerprint density at radius 1 is 1.29 bits per heavy atom. The molecular formula is C15H22N4O2. The third kappa shape index (κ3) is 3.09. The highest BCUT2D eigenvalue weighted by atomic mass is 16.5. The number of aromatic nitrogens is 2. The molecule has 2 heterocycles. The maximum Gasteiger partial charge on any atom is 0.233 e. The summed E-state index contributed by atoms with van der Waals surface area (Å²) in [4.78, 5) is 16.4. The molecule has 1 aliphatic heterocycles. The van der Waals surface area contributed by atoms with Gasteiger partial charge in [-0.1, -0.05) is 6.92 Å². The van der Waals surface area contributed by atoms with E-state index in [2.05, 4.69) is 22.0 Å². The van der Waals surface area contributed by atoms with Gasteiger partial charge in [0.2, 0.25) is 11.8 Å². The van der Waals surface area contributed by atoms with E-state index in [0.29, 0.717) is 24.3 Å². The summed E-state index contributed by atoms with van der Waals surface area (Å²) in [6.07, 6.45) is 1.06. The van der Waals surface area contributed by atoms with E-state index in [1.807, 2.05) is 24.0 Å². The summed E-state index contributed by atoms with van der Waals surface area (Å²) in [5.74, 6) is 2.59. The van der Waals surface area contributed by atoms with Gasteiger partial charge in [-0.3, -0.25) is 4.79 Å². The van der Waals surface area contributed by atoms with Gasteiger partial charge in [0, 0.05) is 38.2 Å². The van der Waals surface area contributed by atoms with Gasteiger partial charge in [0.15, 0.2) is 5.82 Å². The van der Waals surface area contributed by atoms with Crippen LogP contribution in [0.25, 0.3) is 0 Å². The first-order valence-corrected chi connectivity index (χ1v) is 7.69. The van der Waals surface area contributed by atoms with Crippen molar-refractivity contribution in [3.63, 3.8) is 0 Å². The zero-order valence-corrected chi connectivity index (χ0v) is 12.7. The van der Waals surface area contributed by atoms with Crippen molar-refractivity contribution in [2.24, 2.45) is 11.8 Å². The fourth-order valence-electron chi connectivity index (χ4n) is 2.76. The van der Waals surface area contributed by atoms with Gasteiger partial charge >= 0.3 is 0 Å². The van der Waals surface area contributed by atoms with Crippen molar-refractivity contribution in [2.75, 3.05) is 37.7 Å². The summed E-state index contributed by atoms with van der Waals surface area (Å²) >= 11 is 0. The van der Waals surface area contributed by atoms with Gasteiger partial charge in [-0.2, -0.15) is 0 Å². The second-order valence-electron chi connectivity index (χ2n) is 5.79. The Morgan fingerprint density at radius 2 is 2.00 bits per heavy atom. The summed E-state index contributed by atoms with van der Waals surface area (Å²) in [5.41, 5.74) is 0. The lowest BCUT2D eigenvalue weighted by Crippen LogP contribution is -2.49. The second-order valence-corrected chi connectivity index (χ2v) is 5.79. The molecule has 0 aromatic carbocycles. The smallest absolute Gasteiger partial charge is 0.233 e. The van der Waals surface area contributed by atoms with Crippen LogP contribution in [0.4, 0.5) is 5.82 Å². The number of piperazine rings is 1. The minimum absolute atomic E-state index is 0.279. The zero-order valence-electron chi connectivity index (χ0n) is 12.7. The number of ether oxygens (including phenoxy) is 1. The zero-order chi connectivity index (χ0) is 14.8. The van der Waals surface area contributed by atoms with Gasteiger partial charge in [-0.15, -0.1) is 10.2 Å². The van der Waals surface area contributed by atoms with E-state index in [0.717, 1.165) is 38.4 Å². The van der Waals surface area contributed by atoms with Gasteiger partial charge in [0.25, 0.3) is 0 Å². The van der Waals surface area contributed by atoms with Crippen LogP contribution in [-0.4, -0.2) is 53.8 Å². The predicted molar refractivity (Wildman–Crippen MR) is 79.3 cm³/mol. The highest BCUT2D eigenvalue weighted by Gasteiger charge is 2.41. The van der Waals surface area contributed by atoms with E-state index < -0.39 is 0 Å². The van der Waals surface area contributed by atoms with Crippen molar-refractivity contribution in [3.05, 3.63) is 12.1 Å². The second kappa shape index (κ2) is 5.87. The molecule has 1 saturated carbocycles. The fraction of sp³-hybridized carbons (Fsp3) is 0.667. The van der Waals surface area contributed by atoms with E-state index in [1.165, 1.54) is 0 Å². The van der Waals surface area contributed by atoms with E-state index in [-0.39, 0.29) is 5.92 Å². The minimum Gasteiger partial charge on any atom is -0.477 e. The number of hydrogen-bond donors (Lipinski definition) is 0. The molecule has 1 aliphatic carbocycles. The largest absolute Gasteiger partial charge is 0.477 e. The average molecular weight is 290 g/mol. The third-order valence-electron chi connectivity index (χ3n) is 4.26. The van der Waals surface area contributed by atoms with Crippen molar-refractivity contribution in [1.29, 1.82) is 0 Å². The number of carbonyl (C=O) groups is 1. The maximum absolute atomic E-state index is 12.2. The van der Waals surface area contributed by atoms with Crippen molar-refractivity contribution in [3.8, 4) is 5.88 Å². The monoisotopic (exact) mass is 290 g/mol. The summed E-state index contributed by atoms with van der Waals surface area (Å²) in [5, 5.41) is 8.25. The van der Waals surface area contributed by atoms with Crippen LogP contribution in [0.5, 0.6) is 5.88 Å². The number of nitrogens with zero attached hydrogens (tertiary/aromatic N) is 4. The lowest BCUT2D eigenvalue weighted by atomic mass is 10.2. The van der Waals surface area contributed by atoms with Crippen LogP contribution >= 0.6 is 0 Å². The van der Waals surface area contributed by atoms with Crippen LogP contribution in [0.3, 0.4) is 0 Å². The molecule has 0 radical (unpaired) electrons. The number of rotatable bonds is 4. The maximum atomic E-state index is 12.2. The Morgan fingerprint density at radius 3 is 2.52 bits per heavy atom. The van der Waals surface area contributed by atoms with E-state index in [9.17, 15) is 4.79 Å². The van der Waals surface area contributed by atoms with Crippen LogP contribution in [0.2, 0.25) is 0 Å². The topological polar surface area (TPSA) is 58.6 Å². The molecule has 6 nitrogen and oxygen atoms in total. The summed E-state index contributed by atoms with van der Waals surface area (Å²) in [6.45, 7) is 7.84. The Balaban J connectivity index is 1.54. The van der Waals surface area contributed by atoms with Crippen LogP contribution in [0.1, 0.15) is 20.3 Å². The van der Waals surface area contributed by atoms with Crippen molar-refractivity contribution < 1.29 is 9.53 Å². The van der Waals surface area contributed by atoms with Crippen LogP contribution in [0, 0.1) is 11.8 Å². The summed E-state index contributed by atoms with van der Waals surface area (Å²) in [7, 11) is 0. The molecule has 0 spiro atoms. The third-order valence-corrected chi connectivity index (χ3v) is 4.26. The van der Waals surface area contributed by atoms with Crippen molar-refractivity contribution >= 4 is 11.7 Å². The molecule has 1 aromatic rings. The van der Waals surface area contributed by atoms with E-state index >= 15 is 0 Å². The molecule has 6 heteroatoms. The standard InChI is InChI=1S/C15H22N4O2/c1-3-21-14-5-4-13(16-17-14)18-6-8-19(9-7-18)15(20)12-10-11(12)2/h4-5,11-12H,3,6-10H2,1-2H3/t11-,12+/m0/s1. The summed E-state index contributed by atoms with van der Waals surface area (Å²) in [6, 6.07) is 3.77. The Hall–Kier alpha value is -1.85. The number of carbonyl (C=O) groups excluding carboxylic acids is 1. The average Bonchev–Trinajstić information content (AvgIpc) is 3.25. The molecular weight excluding hydrogens is 268 g/mol. The van der Waals surface area contributed by atoms with Gasteiger partial charge in [0.1, 0.15) is 0 Å². The summed E-state index contributed by atoms with van der Waals surface area (Å²) < 4.78 is 5.29. The molecule has 114 valence electrons.